The van der Waals surface area contributed by atoms with Crippen molar-refractivity contribution in [2.45, 2.75) is 44.2 Å². The normalized spacial score (nSPS) is 30.7. The van der Waals surface area contributed by atoms with Crippen LogP contribution in [0, 0.1) is 0 Å². The van der Waals surface area contributed by atoms with Crippen molar-refractivity contribution in [3.63, 3.8) is 0 Å². The van der Waals surface area contributed by atoms with Crippen LogP contribution in [0.15, 0.2) is 0 Å². The number of aliphatic hydroxyl groups is 1. The fourth-order valence-corrected chi connectivity index (χ4v) is 3.00. The Morgan fingerprint density at radius 1 is 1.18 bits per heavy atom. The van der Waals surface area contributed by atoms with Gasteiger partial charge in [-0.2, -0.15) is 0 Å². The average molecular weight is 242 g/mol. The summed E-state index contributed by atoms with van der Waals surface area (Å²) in [5.74, 6) is 0. The number of aliphatic hydroxyl groups excluding tert-OH is 1. The summed E-state index contributed by atoms with van der Waals surface area (Å²) < 4.78 is 5.52. The van der Waals surface area contributed by atoms with Crippen molar-refractivity contribution < 1.29 is 9.84 Å². The third-order valence-corrected chi connectivity index (χ3v) is 3.94. The van der Waals surface area contributed by atoms with Crippen LogP contribution >= 0.6 is 0 Å². The first-order valence-electron chi connectivity index (χ1n) is 7.06. The summed E-state index contributed by atoms with van der Waals surface area (Å²) in [6.07, 6.45) is 6.07. The van der Waals surface area contributed by atoms with Gasteiger partial charge in [0.05, 0.1) is 6.61 Å². The fraction of sp³-hybridized carbons (Fsp3) is 1.00. The molecule has 0 amide bonds. The van der Waals surface area contributed by atoms with Crippen molar-refractivity contribution >= 4 is 0 Å². The maximum Gasteiger partial charge on any atom is 0.0558 e. The maximum atomic E-state index is 9.22. The third kappa shape index (κ3) is 4.21. The quantitative estimate of drug-likeness (QED) is 0.741. The van der Waals surface area contributed by atoms with Gasteiger partial charge in [-0.3, -0.25) is 4.90 Å². The number of rotatable bonds is 5. The second-order valence-electron chi connectivity index (χ2n) is 5.21. The molecule has 0 radical (unpaired) electrons. The van der Waals surface area contributed by atoms with E-state index in [9.17, 15) is 5.11 Å². The van der Waals surface area contributed by atoms with Gasteiger partial charge in [0.25, 0.3) is 0 Å². The van der Waals surface area contributed by atoms with Gasteiger partial charge < -0.3 is 15.2 Å². The number of nitrogens with one attached hydrogen (secondary N) is 1. The Morgan fingerprint density at radius 2 is 2.12 bits per heavy atom. The first kappa shape index (κ1) is 13.3. The van der Waals surface area contributed by atoms with Crippen LogP contribution in [0.25, 0.3) is 0 Å². The predicted molar refractivity (Wildman–Crippen MR) is 68.1 cm³/mol. The van der Waals surface area contributed by atoms with Crippen molar-refractivity contribution in [2.24, 2.45) is 0 Å². The molecule has 2 aliphatic heterocycles. The molecule has 2 heterocycles. The Balaban J connectivity index is 1.84. The van der Waals surface area contributed by atoms with Crippen molar-refractivity contribution in [3.05, 3.63) is 0 Å². The Bertz CT molecular complexity index is 200. The second kappa shape index (κ2) is 7.31. The molecule has 17 heavy (non-hydrogen) atoms. The van der Waals surface area contributed by atoms with Crippen LogP contribution < -0.4 is 5.32 Å². The zero-order valence-electron chi connectivity index (χ0n) is 10.7. The summed E-state index contributed by atoms with van der Waals surface area (Å²) in [6.45, 7) is 5.11. The lowest BCUT2D eigenvalue weighted by Gasteiger charge is -2.32. The monoisotopic (exact) mass is 242 g/mol. The van der Waals surface area contributed by atoms with Gasteiger partial charge in [0.2, 0.25) is 0 Å². The van der Waals surface area contributed by atoms with Crippen LogP contribution in [-0.2, 0) is 4.74 Å². The van der Waals surface area contributed by atoms with Gasteiger partial charge in [0.15, 0.2) is 0 Å². The van der Waals surface area contributed by atoms with E-state index >= 15 is 0 Å². The number of nitrogens with zero attached hydrogens (tertiary/aromatic N) is 1. The SMILES string of the molecule is OCCN(CC1CCCN1)C1CCCOCC1. The zero-order valence-corrected chi connectivity index (χ0v) is 10.7. The van der Waals surface area contributed by atoms with E-state index in [1.807, 2.05) is 0 Å². The second-order valence-corrected chi connectivity index (χ2v) is 5.21. The first-order valence-corrected chi connectivity index (χ1v) is 7.06. The van der Waals surface area contributed by atoms with E-state index in [1.54, 1.807) is 0 Å². The lowest BCUT2D eigenvalue weighted by Crippen LogP contribution is -2.44. The summed E-state index contributed by atoms with van der Waals surface area (Å²) in [5, 5.41) is 12.8. The van der Waals surface area contributed by atoms with E-state index in [1.165, 1.54) is 19.3 Å². The van der Waals surface area contributed by atoms with Crippen LogP contribution in [0.3, 0.4) is 0 Å². The van der Waals surface area contributed by atoms with Crippen LogP contribution in [0.5, 0.6) is 0 Å². The Labute approximate surface area is 104 Å². The van der Waals surface area contributed by atoms with Gasteiger partial charge in [-0.15, -0.1) is 0 Å². The molecule has 0 saturated carbocycles. The Hall–Kier alpha value is -0.160. The molecule has 2 atom stereocenters. The predicted octanol–water partition coefficient (Wildman–Crippen LogP) is 0.602. The van der Waals surface area contributed by atoms with Crippen molar-refractivity contribution in [1.82, 2.24) is 10.2 Å². The lowest BCUT2D eigenvalue weighted by molar-refractivity contribution is 0.112. The van der Waals surface area contributed by atoms with Crippen LogP contribution in [0.4, 0.5) is 0 Å². The van der Waals surface area contributed by atoms with Crippen molar-refractivity contribution in [3.8, 4) is 0 Å². The first-order chi connectivity index (χ1) is 8.40. The largest absolute Gasteiger partial charge is 0.395 e. The molecule has 2 N–H and O–H groups in total. The fourth-order valence-electron chi connectivity index (χ4n) is 3.00. The van der Waals surface area contributed by atoms with Gasteiger partial charge in [-0.1, -0.05) is 0 Å². The van der Waals surface area contributed by atoms with Gasteiger partial charge in [-0.05, 0) is 38.6 Å². The van der Waals surface area contributed by atoms with Gasteiger partial charge in [0.1, 0.15) is 0 Å². The third-order valence-electron chi connectivity index (χ3n) is 3.94. The van der Waals surface area contributed by atoms with Crippen molar-refractivity contribution in [2.75, 3.05) is 39.5 Å². The van der Waals surface area contributed by atoms with E-state index in [0.717, 1.165) is 45.7 Å². The highest BCUT2D eigenvalue weighted by molar-refractivity contribution is 4.82. The smallest absolute Gasteiger partial charge is 0.0558 e. The molecule has 4 nitrogen and oxygen atoms in total. The molecule has 2 rings (SSSR count). The summed E-state index contributed by atoms with van der Waals surface area (Å²) in [6, 6.07) is 1.23. The minimum absolute atomic E-state index is 0.268. The van der Waals surface area contributed by atoms with E-state index < -0.39 is 0 Å². The highest BCUT2D eigenvalue weighted by Crippen LogP contribution is 2.17. The molecule has 2 fully saturated rings. The standard InChI is InChI=1S/C13H26N2O2/c16-8-7-15(11-12-3-1-6-14-12)13-4-2-9-17-10-5-13/h12-14,16H,1-11H2. The summed E-state index contributed by atoms with van der Waals surface area (Å²) >= 11 is 0. The minimum Gasteiger partial charge on any atom is -0.395 e. The molecule has 0 aromatic rings. The molecule has 0 spiro atoms. The Morgan fingerprint density at radius 3 is 2.88 bits per heavy atom. The van der Waals surface area contributed by atoms with Gasteiger partial charge >= 0.3 is 0 Å². The van der Waals surface area contributed by atoms with Gasteiger partial charge in [0, 0.05) is 38.4 Å². The lowest BCUT2D eigenvalue weighted by atomic mass is 10.1. The summed E-state index contributed by atoms with van der Waals surface area (Å²) in [4.78, 5) is 2.47. The highest BCUT2D eigenvalue weighted by Gasteiger charge is 2.24. The zero-order chi connectivity index (χ0) is 11.9. The number of hydrogen-bond acceptors (Lipinski definition) is 4. The molecule has 0 bridgehead atoms. The molecule has 100 valence electrons. The molecule has 0 aliphatic carbocycles. The molecule has 2 saturated heterocycles. The molecule has 4 heteroatoms. The van der Waals surface area contributed by atoms with Crippen LogP contribution in [0.2, 0.25) is 0 Å². The summed E-state index contributed by atoms with van der Waals surface area (Å²) in [5.41, 5.74) is 0. The van der Waals surface area contributed by atoms with E-state index in [-0.39, 0.29) is 6.61 Å². The summed E-state index contributed by atoms with van der Waals surface area (Å²) in [7, 11) is 0. The molecular weight excluding hydrogens is 216 g/mol. The molecule has 2 aliphatic rings. The molecule has 0 aromatic heterocycles. The van der Waals surface area contributed by atoms with E-state index in [0.29, 0.717) is 12.1 Å². The van der Waals surface area contributed by atoms with Crippen LogP contribution in [0.1, 0.15) is 32.1 Å². The minimum atomic E-state index is 0.268. The number of hydrogen-bond donors (Lipinski definition) is 2. The molecule has 0 aromatic carbocycles. The maximum absolute atomic E-state index is 9.22. The van der Waals surface area contributed by atoms with E-state index in [2.05, 4.69) is 10.2 Å². The van der Waals surface area contributed by atoms with Crippen molar-refractivity contribution in [1.29, 1.82) is 0 Å². The topological polar surface area (TPSA) is 44.7 Å². The molecule has 2 unspecified atom stereocenters. The van der Waals surface area contributed by atoms with E-state index in [4.69, 9.17) is 4.74 Å². The van der Waals surface area contributed by atoms with Crippen LogP contribution in [-0.4, -0.2) is 61.5 Å². The number of ether oxygens (including phenoxy) is 1. The Kier molecular flexibility index (Phi) is 5.71. The average Bonchev–Trinajstić information content (AvgIpc) is 2.69. The van der Waals surface area contributed by atoms with Gasteiger partial charge in [-0.25, -0.2) is 0 Å². The molecular formula is C13H26N2O2. The highest BCUT2D eigenvalue weighted by atomic mass is 16.5.